The topological polar surface area (TPSA) is 32.5 Å². The largest absolute Gasteiger partial charge is 0.397 e. The fourth-order valence-corrected chi connectivity index (χ4v) is 3.40. The molecule has 3 rings (SSSR count). The van der Waals surface area contributed by atoms with Gasteiger partial charge in [0.2, 0.25) is 0 Å². The molecule has 4 heteroatoms. The molecule has 1 unspecified atom stereocenters. The Balaban J connectivity index is 1.80. The van der Waals surface area contributed by atoms with Gasteiger partial charge in [-0.3, -0.25) is 4.90 Å². The number of rotatable bonds is 1. The molecular weight excluding hydrogens is 278 g/mol. The molecule has 1 atom stereocenters. The number of nitrogens with two attached hydrogens (primary N) is 1. The van der Waals surface area contributed by atoms with Crippen molar-refractivity contribution in [2.24, 2.45) is 0 Å². The van der Waals surface area contributed by atoms with Gasteiger partial charge in [-0.1, -0.05) is 15.9 Å². The highest BCUT2D eigenvalue weighted by Gasteiger charge is 2.30. The zero-order chi connectivity index (χ0) is 11.8. The highest BCUT2D eigenvalue weighted by molar-refractivity contribution is 9.10. The lowest BCUT2D eigenvalue weighted by atomic mass is 10.1. The Morgan fingerprint density at radius 2 is 2.12 bits per heavy atom. The summed E-state index contributed by atoms with van der Waals surface area (Å²) < 4.78 is 1.05. The van der Waals surface area contributed by atoms with Gasteiger partial charge in [-0.05, 0) is 37.6 Å². The summed E-state index contributed by atoms with van der Waals surface area (Å²) in [6.07, 6.45) is 2.70. The van der Waals surface area contributed by atoms with Gasteiger partial charge in [0, 0.05) is 30.1 Å². The predicted octanol–water partition coefficient (Wildman–Crippen LogP) is 2.32. The quantitative estimate of drug-likeness (QED) is 0.807. The summed E-state index contributed by atoms with van der Waals surface area (Å²) in [5.74, 6) is 0. The van der Waals surface area contributed by atoms with Gasteiger partial charge in [-0.2, -0.15) is 0 Å². The number of nitrogen functional groups attached to an aromatic ring is 1. The highest BCUT2D eigenvalue weighted by Crippen LogP contribution is 2.30. The van der Waals surface area contributed by atoms with E-state index in [1.54, 1.807) is 0 Å². The van der Waals surface area contributed by atoms with Crippen LogP contribution in [0.3, 0.4) is 0 Å². The van der Waals surface area contributed by atoms with E-state index in [9.17, 15) is 0 Å². The molecule has 2 aliphatic rings. The van der Waals surface area contributed by atoms with Gasteiger partial charge < -0.3 is 10.6 Å². The Morgan fingerprint density at radius 1 is 1.24 bits per heavy atom. The third-order valence-corrected chi connectivity index (χ3v) is 4.41. The van der Waals surface area contributed by atoms with Crippen molar-refractivity contribution in [2.45, 2.75) is 18.9 Å². The van der Waals surface area contributed by atoms with Gasteiger partial charge in [-0.25, -0.2) is 0 Å². The van der Waals surface area contributed by atoms with E-state index in [2.05, 4.69) is 37.9 Å². The normalized spacial score (nSPS) is 25.0. The van der Waals surface area contributed by atoms with Crippen LogP contribution in [0.5, 0.6) is 0 Å². The lowest BCUT2D eigenvalue weighted by Crippen LogP contribution is -2.50. The van der Waals surface area contributed by atoms with Crippen LogP contribution in [-0.2, 0) is 0 Å². The van der Waals surface area contributed by atoms with Crippen LogP contribution in [0.2, 0.25) is 0 Å². The molecule has 0 amide bonds. The summed E-state index contributed by atoms with van der Waals surface area (Å²) in [5.41, 5.74) is 8.18. The molecule has 0 aliphatic carbocycles. The summed E-state index contributed by atoms with van der Waals surface area (Å²) in [4.78, 5) is 5.06. The van der Waals surface area contributed by atoms with Gasteiger partial charge in [0.15, 0.2) is 0 Å². The van der Waals surface area contributed by atoms with E-state index in [0.717, 1.165) is 29.3 Å². The second-order valence-electron chi connectivity index (χ2n) is 4.98. The number of nitrogens with zero attached hydrogens (tertiary/aromatic N) is 2. The molecule has 0 radical (unpaired) electrons. The summed E-state index contributed by atoms with van der Waals surface area (Å²) in [5, 5.41) is 0. The lowest BCUT2D eigenvalue weighted by Gasteiger charge is -2.39. The maximum absolute atomic E-state index is 6.10. The minimum absolute atomic E-state index is 0.742. The molecule has 92 valence electrons. The molecular formula is C13H18BrN3. The van der Waals surface area contributed by atoms with Gasteiger partial charge >= 0.3 is 0 Å². The van der Waals surface area contributed by atoms with Gasteiger partial charge in [0.1, 0.15) is 0 Å². The molecule has 2 fully saturated rings. The molecule has 2 heterocycles. The zero-order valence-electron chi connectivity index (χ0n) is 9.90. The Hall–Kier alpha value is -0.740. The average Bonchev–Trinajstić information content (AvgIpc) is 2.75. The first kappa shape index (κ1) is 11.4. The summed E-state index contributed by atoms with van der Waals surface area (Å²) >= 11 is 3.46. The van der Waals surface area contributed by atoms with Crippen molar-refractivity contribution in [1.29, 1.82) is 0 Å². The molecule has 2 N–H and O–H groups in total. The molecule has 1 aromatic rings. The Kier molecular flexibility index (Phi) is 3.01. The smallest absolute Gasteiger partial charge is 0.0601 e. The summed E-state index contributed by atoms with van der Waals surface area (Å²) in [6.45, 7) is 4.70. The molecule has 0 spiro atoms. The lowest BCUT2D eigenvalue weighted by molar-refractivity contribution is 0.231. The van der Waals surface area contributed by atoms with E-state index < -0.39 is 0 Å². The van der Waals surface area contributed by atoms with Crippen LogP contribution in [0, 0.1) is 0 Å². The van der Waals surface area contributed by atoms with Crippen molar-refractivity contribution in [1.82, 2.24) is 4.90 Å². The van der Waals surface area contributed by atoms with Crippen molar-refractivity contribution >= 4 is 27.3 Å². The van der Waals surface area contributed by atoms with Crippen LogP contribution in [-0.4, -0.2) is 37.1 Å². The summed E-state index contributed by atoms with van der Waals surface area (Å²) in [6, 6.07) is 6.94. The second kappa shape index (κ2) is 4.50. The maximum Gasteiger partial charge on any atom is 0.0601 e. The molecule has 2 saturated heterocycles. The standard InChI is InChI=1S/C13H18BrN3/c14-10-3-4-13(12(15)8-10)17-7-6-16-5-1-2-11(16)9-17/h3-4,8,11H,1-2,5-7,9,15H2. The van der Waals surface area contributed by atoms with Crippen molar-refractivity contribution in [2.75, 3.05) is 36.8 Å². The van der Waals surface area contributed by atoms with Crippen molar-refractivity contribution < 1.29 is 0 Å². The molecule has 1 aromatic carbocycles. The van der Waals surface area contributed by atoms with Crippen molar-refractivity contribution in [3.8, 4) is 0 Å². The van der Waals surface area contributed by atoms with E-state index >= 15 is 0 Å². The van der Waals surface area contributed by atoms with E-state index in [4.69, 9.17) is 5.73 Å². The predicted molar refractivity (Wildman–Crippen MR) is 75.4 cm³/mol. The highest BCUT2D eigenvalue weighted by atomic mass is 79.9. The fourth-order valence-electron chi connectivity index (χ4n) is 3.02. The Bertz CT molecular complexity index is 421. The van der Waals surface area contributed by atoms with Gasteiger partial charge in [0.25, 0.3) is 0 Å². The molecule has 17 heavy (non-hydrogen) atoms. The molecule has 3 nitrogen and oxygen atoms in total. The van der Waals surface area contributed by atoms with E-state index in [1.807, 2.05) is 6.07 Å². The van der Waals surface area contributed by atoms with Crippen LogP contribution < -0.4 is 10.6 Å². The van der Waals surface area contributed by atoms with Crippen molar-refractivity contribution in [3.05, 3.63) is 22.7 Å². The minimum atomic E-state index is 0.742. The van der Waals surface area contributed by atoms with Crippen molar-refractivity contribution in [3.63, 3.8) is 0 Å². The number of hydrogen-bond donors (Lipinski definition) is 1. The van der Waals surface area contributed by atoms with Crippen LogP contribution in [0.15, 0.2) is 22.7 Å². The number of hydrogen-bond acceptors (Lipinski definition) is 3. The number of halogens is 1. The van der Waals surface area contributed by atoms with E-state index in [1.165, 1.54) is 31.6 Å². The third-order valence-electron chi connectivity index (χ3n) is 3.92. The molecule has 2 aliphatic heterocycles. The number of benzene rings is 1. The monoisotopic (exact) mass is 295 g/mol. The second-order valence-corrected chi connectivity index (χ2v) is 5.90. The Morgan fingerprint density at radius 3 is 2.94 bits per heavy atom. The van der Waals surface area contributed by atoms with Crippen LogP contribution in [0.4, 0.5) is 11.4 Å². The minimum Gasteiger partial charge on any atom is -0.397 e. The molecule has 0 aromatic heterocycles. The number of fused-ring (bicyclic) bond motifs is 1. The number of anilines is 2. The van der Waals surface area contributed by atoms with Crippen LogP contribution >= 0.6 is 15.9 Å². The van der Waals surface area contributed by atoms with Crippen LogP contribution in [0.1, 0.15) is 12.8 Å². The van der Waals surface area contributed by atoms with Gasteiger partial charge in [0.05, 0.1) is 11.4 Å². The van der Waals surface area contributed by atoms with Gasteiger partial charge in [-0.15, -0.1) is 0 Å². The molecule has 0 saturated carbocycles. The maximum atomic E-state index is 6.10. The van der Waals surface area contributed by atoms with E-state index in [-0.39, 0.29) is 0 Å². The number of piperazine rings is 1. The third kappa shape index (κ3) is 2.16. The molecule has 0 bridgehead atoms. The van der Waals surface area contributed by atoms with E-state index in [0.29, 0.717) is 0 Å². The SMILES string of the molecule is Nc1cc(Br)ccc1N1CCN2CCCC2C1. The summed E-state index contributed by atoms with van der Waals surface area (Å²) in [7, 11) is 0. The fraction of sp³-hybridized carbons (Fsp3) is 0.538. The zero-order valence-corrected chi connectivity index (χ0v) is 11.5. The first-order valence-electron chi connectivity index (χ1n) is 6.28. The first-order valence-corrected chi connectivity index (χ1v) is 7.07. The Labute approximate surface area is 111 Å². The average molecular weight is 296 g/mol. The first-order chi connectivity index (χ1) is 8.24. The van der Waals surface area contributed by atoms with Crippen LogP contribution in [0.25, 0.3) is 0 Å².